The Morgan fingerprint density at radius 1 is 0.902 bits per heavy atom. The third-order valence-corrected chi connectivity index (χ3v) is 6.80. The quantitative estimate of drug-likeness (QED) is 0.0919. The summed E-state index contributed by atoms with van der Waals surface area (Å²) < 4.78 is 10.4. The number of carbonyl (C=O) groups excluding carboxylic acids is 1. The number of para-hydroxylation sites is 4. The van der Waals surface area contributed by atoms with Gasteiger partial charge in [0.05, 0.1) is 41.8 Å². The molecule has 11 nitrogen and oxygen atoms in total. The van der Waals surface area contributed by atoms with Crippen molar-refractivity contribution < 1.29 is 14.4 Å². The van der Waals surface area contributed by atoms with Crippen LogP contribution in [-0.2, 0) is 29.2 Å². The highest BCUT2D eigenvalue weighted by atomic mass is 16.8. The van der Waals surface area contributed by atoms with Crippen LogP contribution in [0.5, 0.6) is 0 Å². The number of hydrogen-bond acceptors (Lipinski definition) is 7. The van der Waals surface area contributed by atoms with Crippen LogP contribution in [0.25, 0.3) is 22.1 Å². The summed E-state index contributed by atoms with van der Waals surface area (Å²) in [6, 6.07) is 23.1. The summed E-state index contributed by atoms with van der Waals surface area (Å²) in [7, 11) is 4.09. The Morgan fingerprint density at radius 2 is 1.54 bits per heavy atom. The van der Waals surface area contributed by atoms with Gasteiger partial charge in [0.25, 0.3) is 0 Å². The van der Waals surface area contributed by atoms with Crippen LogP contribution in [0.3, 0.4) is 0 Å². The van der Waals surface area contributed by atoms with Gasteiger partial charge in [-0.1, -0.05) is 53.7 Å². The smallest absolute Gasteiger partial charge is 0.433 e. The summed E-state index contributed by atoms with van der Waals surface area (Å²) in [5, 5.41) is 3.62. The van der Waals surface area contributed by atoms with E-state index in [1.54, 1.807) is 28.2 Å². The topological polar surface area (TPSA) is 122 Å². The predicted molar refractivity (Wildman–Crippen MR) is 158 cm³/mol. The van der Waals surface area contributed by atoms with E-state index in [2.05, 4.69) is 30.3 Å². The van der Waals surface area contributed by atoms with Gasteiger partial charge in [0.15, 0.2) is 5.84 Å². The molecule has 0 aliphatic carbocycles. The average Bonchev–Trinajstić information content (AvgIpc) is 3.45. The number of likely N-dealkylation sites (N-methyl/N-ethyl adjacent to an activating group) is 1. The van der Waals surface area contributed by atoms with Crippen molar-refractivity contribution in [2.24, 2.45) is 10.9 Å². The number of ether oxygens (including phenoxy) is 1. The number of aromatic nitrogens is 4. The zero-order chi connectivity index (χ0) is 28.9. The van der Waals surface area contributed by atoms with Crippen molar-refractivity contribution in [3.8, 4) is 0 Å². The average molecular weight is 556 g/mol. The van der Waals surface area contributed by atoms with E-state index in [9.17, 15) is 9.59 Å². The maximum absolute atomic E-state index is 13.8. The fourth-order valence-corrected chi connectivity index (χ4v) is 4.76. The Morgan fingerprint density at radius 3 is 2.20 bits per heavy atom. The summed E-state index contributed by atoms with van der Waals surface area (Å²) in [6.07, 6.45) is -0.920. The van der Waals surface area contributed by atoms with Crippen LogP contribution in [0.15, 0.2) is 82.7 Å². The van der Waals surface area contributed by atoms with Crippen molar-refractivity contribution in [2.45, 2.75) is 26.6 Å². The van der Waals surface area contributed by atoms with Gasteiger partial charge >= 0.3 is 11.8 Å². The van der Waals surface area contributed by atoms with Crippen LogP contribution >= 0.6 is 0 Å². The molecule has 11 heteroatoms. The highest BCUT2D eigenvalue weighted by molar-refractivity contribution is 5.97. The second-order valence-corrected chi connectivity index (χ2v) is 9.86. The minimum atomic E-state index is -0.920. The Hall–Kier alpha value is -4.90. The summed E-state index contributed by atoms with van der Waals surface area (Å²) in [4.78, 5) is 36.9. The molecule has 212 valence electrons. The summed E-state index contributed by atoms with van der Waals surface area (Å²) >= 11 is 0. The van der Waals surface area contributed by atoms with Gasteiger partial charge in [-0.05, 0) is 50.8 Å². The Bertz CT molecular complexity index is 1760. The van der Waals surface area contributed by atoms with Crippen LogP contribution in [0.1, 0.15) is 23.9 Å². The molecular formula is C30H33N7O4. The number of amidine groups is 1. The van der Waals surface area contributed by atoms with Crippen LogP contribution in [0.4, 0.5) is 4.79 Å². The van der Waals surface area contributed by atoms with E-state index in [0.717, 1.165) is 46.5 Å². The van der Waals surface area contributed by atoms with Gasteiger partial charge in [0.2, 0.25) is 0 Å². The van der Waals surface area contributed by atoms with Gasteiger partial charge in [-0.2, -0.15) is 0 Å². The molecule has 0 aliphatic rings. The van der Waals surface area contributed by atoms with E-state index >= 15 is 0 Å². The first-order valence-corrected chi connectivity index (χ1v) is 13.4. The number of rotatable bonds is 10. The Balaban J connectivity index is 1.44. The van der Waals surface area contributed by atoms with Crippen LogP contribution < -0.4 is 11.4 Å². The third-order valence-electron chi connectivity index (χ3n) is 6.80. The van der Waals surface area contributed by atoms with Gasteiger partial charge in [-0.25, -0.2) is 14.6 Å². The lowest BCUT2D eigenvalue weighted by molar-refractivity contribution is 0.0613. The van der Waals surface area contributed by atoms with Crippen LogP contribution in [0.2, 0.25) is 0 Å². The summed E-state index contributed by atoms with van der Waals surface area (Å²) in [6.45, 7) is 4.17. The van der Waals surface area contributed by atoms with E-state index in [1.807, 2.05) is 68.7 Å². The molecule has 0 spiro atoms. The minimum absolute atomic E-state index is 0.0375. The van der Waals surface area contributed by atoms with Crippen molar-refractivity contribution in [1.82, 2.24) is 23.6 Å². The second-order valence-electron chi connectivity index (χ2n) is 9.86. The molecule has 0 unspecified atom stereocenters. The third kappa shape index (κ3) is 5.99. The normalized spacial score (nSPS) is 12.0. The molecule has 2 N–H and O–H groups in total. The number of carbonyl (C=O) groups is 1. The van der Waals surface area contributed by atoms with Crippen molar-refractivity contribution in [3.05, 3.63) is 100 Å². The first-order valence-electron chi connectivity index (χ1n) is 13.4. The SMILES string of the molecule is CCOC(=O)ON=C(N)c1ccc(Cn2c(=O)n(Cc3nc4ccccc4n3CCN(C)C)c3ccccc32)cc1. The minimum Gasteiger partial charge on any atom is -0.433 e. The van der Waals surface area contributed by atoms with Crippen molar-refractivity contribution in [1.29, 1.82) is 0 Å². The molecule has 0 bridgehead atoms. The molecule has 0 fully saturated rings. The number of hydrogen-bond donors (Lipinski definition) is 1. The second kappa shape index (κ2) is 12.1. The lowest BCUT2D eigenvalue weighted by Crippen LogP contribution is -2.27. The molecule has 0 aliphatic heterocycles. The lowest BCUT2D eigenvalue weighted by Gasteiger charge is -2.13. The first kappa shape index (κ1) is 27.7. The number of oxime groups is 1. The van der Waals surface area contributed by atoms with E-state index in [0.29, 0.717) is 18.7 Å². The van der Waals surface area contributed by atoms with Gasteiger partial charge < -0.3 is 19.9 Å². The summed E-state index contributed by atoms with van der Waals surface area (Å²) in [5.41, 5.74) is 10.9. The van der Waals surface area contributed by atoms with Crippen molar-refractivity contribution >= 4 is 34.1 Å². The molecule has 0 amide bonds. The zero-order valence-electron chi connectivity index (χ0n) is 23.4. The molecule has 5 aromatic rings. The molecule has 0 radical (unpaired) electrons. The van der Waals surface area contributed by atoms with Gasteiger partial charge in [0, 0.05) is 18.7 Å². The Kier molecular flexibility index (Phi) is 8.16. The number of benzene rings is 3. The molecule has 0 atom stereocenters. The zero-order valence-corrected chi connectivity index (χ0v) is 23.4. The van der Waals surface area contributed by atoms with Crippen molar-refractivity contribution in [2.75, 3.05) is 27.2 Å². The molecule has 2 heterocycles. The first-order chi connectivity index (χ1) is 19.9. The number of fused-ring (bicyclic) bond motifs is 2. The number of nitrogens with two attached hydrogens (primary N) is 1. The molecule has 41 heavy (non-hydrogen) atoms. The summed E-state index contributed by atoms with van der Waals surface area (Å²) in [5.74, 6) is 0.873. The lowest BCUT2D eigenvalue weighted by atomic mass is 10.1. The molecule has 0 saturated heterocycles. The maximum Gasteiger partial charge on any atom is 0.535 e. The monoisotopic (exact) mass is 555 g/mol. The number of nitrogens with zero attached hydrogens (tertiary/aromatic N) is 6. The van der Waals surface area contributed by atoms with Crippen LogP contribution in [0, 0.1) is 0 Å². The highest BCUT2D eigenvalue weighted by Gasteiger charge is 2.18. The van der Waals surface area contributed by atoms with Crippen molar-refractivity contribution in [3.63, 3.8) is 0 Å². The van der Waals surface area contributed by atoms with E-state index in [1.165, 1.54) is 0 Å². The number of imidazole rings is 2. The maximum atomic E-state index is 13.8. The highest BCUT2D eigenvalue weighted by Crippen LogP contribution is 2.20. The van der Waals surface area contributed by atoms with E-state index in [4.69, 9.17) is 10.7 Å². The molecule has 3 aromatic carbocycles. The van der Waals surface area contributed by atoms with Gasteiger partial charge in [-0.3, -0.25) is 14.0 Å². The fraction of sp³-hybridized carbons (Fsp3) is 0.267. The molecular weight excluding hydrogens is 522 g/mol. The molecule has 5 rings (SSSR count). The predicted octanol–water partition coefficient (Wildman–Crippen LogP) is 3.60. The fourth-order valence-electron chi connectivity index (χ4n) is 4.76. The van der Waals surface area contributed by atoms with Gasteiger partial charge in [0.1, 0.15) is 5.82 Å². The van der Waals surface area contributed by atoms with E-state index in [-0.39, 0.29) is 18.1 Å². The van der Waals surface area contributed by atoms with Gasteiger partial charge in [-0.15, -0.1) is 0 Å². The molecule has 2 aromatic heterocycles. The van der Waals surface area contributed by atoms with Crippen LogP contribution in [-0.4, -0.2) is 62.8 Å². The standard InChI is InChI=1S/C30H33N7O4/c1-4-40-30(39)41-33-28(31)22-15-13-21(14-16-22)19-36-25-11-7-8-12-26(25)37(29(36)38)20-27-32-23-9-5-6-10-24(23)35(27)18-17-34(2)3/h5-16H,4,17-20H2,1-3H3,(H2,31,33). The Labute approximate surface area is 237 Å². The van der Waals surface area contributed by atoms with E-state index < -0.39 is 6.16 Å². The largest absolute Gasteiger partial charge is 0.535 e. The molecule has 0 saturated carbocycles.